The second-order valence-corrected chi connectivity index (χ2v) is 6.50. The third-order valence-electron chi connectivity index (χ3n) is 5.45. The Labute approximate surface area is 115 Å². The minimum absolute atomic E-state index is 0.142. The van der Waals surface area contributed by atoms with Crippen molar-refractivity contribution >= 4 is 5.91 Å². The summed E-state index contributed by atoms with van der Waals surface area (Å²) < 4.78 is 5.80. The minimum Gasteiger partial charge on any atom is -0.374 e. The van der Waals surface area contributed by atoms with Gasteiger partial charge in [0.2, 0.25) is 5.91 Å². The number of hydrogen-bond acceptors (Lipinski definition) is 3. The van der Waals surface area contributed by atoms with Crippen molar-refractivity contribution in [2.24, 2.45) is 17.6 Å². The van der Waals surface area contributed by atoms with Crippen LogP contribution >= 0.6 is 0 Å². The van der Waals surface area contributed by atoms with E-state index in [4.69, 9.17) is 10.5 Å². The molecule has 2 N–H and O–H groups in total. The van der Waals surface area contributed by atoms with Gasteiger partial charge in [0.15, 0.2) is 0 Å². The van der Waals surface area contributed by atoms with Gasteiger partial charge in [-0.25, -0.2) is 0 Å². The van der Waals surface area contributed by atoms with Crippen LogP contribution in [0, 0.1) is 11.8 Å². The molecule has 0 bridgehead atoms. The Bertz CT molecular complexity index is 347. The maximum atomic E-state index is 12.9. The van der Waals surface area contributed by atoms with E-state index in [9.17, 15) is 4.79 Å². The summed E-state index contributed by atoms with van der Waals surface area (Å²) in [5, 5.41) is 0. The molecular formula is C15H26N2O2. The summed E-state index contributed by atoms with van der Waals surface area (Å²) in [6.45, 7) is 3.64. The quantitative estimate of drug-likeness (QED) is 0.783. The van der Waals surface area contributed by atoms with Gasteiger partial charge in [0.25, 0.3) is 0 Å². The van der Waals surface area contributed by atoms with Crippen LogP contribution in [0.1, 0.15) is 45.4 Å². The zero-order valence-electron chi connectivity index (χ0n) is 11.9. The summed E-state index contributed by atoms with van der Waals surface area (Å²) in [7, 11) is 0. The highest BCUT2D eigenvalue weighted by atomic mass is 16.5. The van der Waals surface area contributed by atoms with Gasteiger partial charge in [-0.15, -0.1) is 0 Å². The molecule has 3 fully saturated rings. The van der Waals surface area contributed by atoms with Crippen LogP contribution in [0.4, 0.5) is 0 Å². The maximum absolute atomic E-state index is 12.9. The number of rotatable bonds is 1. The van der Waals surface area contributed by atoms with Crippen LogP contribution in [0.3, 0.4) is 0 Å². The van der Waals surface area contributed by atoms with Gasteiger partial charge in [0, 0.05) is 18.5 Å². The van der Waals surface area contributed by atoms with Crippen molar-refractivity contribution in [1.82, 2.24) is 4.90 Å². The smallest absolute Gasteiger partial charge is 0.226 e. The Morgan fingerprint density at radius 2 is 2.00 bits per heavy atom. The third-order valence-corrected chi connectivity index (χ3v) is 5.45. The number of carbonyl (C=O) groups is 1. The standard InChI is InChI=1S/C15H26N2O2/c1-10-11(4-2-5-12(10)16)15(18)17-8-9-19-14-7-3-6-13(14)17/h10-14H,2-9,16H2,1H3. The van der Waals surface area contributed by atoms with Crippen LogP contribution in [0.25, 0.3) is 0 Å². The van der Waals surface area contributed by atoms with E-state index >= 15 is 0 Å². The average Bonchev–Trinajstić information content (AvgIpc) is 2.89. The third kappa shape index (κ3) is 2.40. The molecule has 5 unspecified atom stereocenters. The second kappa shape index (κ2) is 5.41. The van der Waals surface area contributed by atoms with Gasteiger partial charge in [0.1, 0.15) is 0 Å². The van der Waals surface area contributed by atoms with Crippen molar-refractivity contribution in [3.63, 3.8) is 0 Å². The van der Waals surface area contributed by atoms with Crippen molar-refractivity contribution in [2.75, 3.05) is 13.2 Å². The lowest BCUT2D eigenvalue weighted by Gasteiger charge is -2.42. The molecule has 3 aliphatic rings. The Morgan fingerprint density at radius 1 is 1.21 bits per heavy atom. The predicted octanol–water partition coefficient (Wildman–Crippen LogP) is 1.53. The molecule has 0 aromatic rings. The van der Waals surface area contributed by atoms with Crippen LogP contribution in [0.15, 0.2) is 0 Å². The van der Waals surface area contributed by atoms with E-state index in [2.05, 4.69) is 11.8 Å². The number of nitrogens with zero attached hydrogens (tertiary/aromatic N) is 1. The van der Waals surface area contributed by atoms with E-state index in [1.807, 2.05) is 0 Å². The van der Waals surface area contributed by atoms with Gasteiger partial charge in [-0.05, 0) is 38.0 Å². The minimum atomic E-state index is 0.142. The number of carbonyl (C=O) groups excluding carboxylic acids is 1. The van der Waals surface area contributed by atoms with Crippen LogP contribution in [-0.4, -0.2) is 42.1 Å². The molecule has 1 saturated heterocycles. The number of hydrogen-bond donors (Lipinski definition) is 1. The fraction of sp³-hybridized carbons (Fsp3) is 0.933. The Hall–Kier alpha value is -0.610. The molecule has 3 rings (SSSR count). The molecule has 0 spiro atoms. The van der Waals surface area contributed by atoms with E-state index in [0.29, 0.717) is 30.6 Å². The average molecular weight is 266 g/mol. The van der Waals surface area contributed by atoms with Crippen molar-refractivity contribution in [3.05, 3.63) is 0 Å². The van der Waals surface area contributed by atoms with Crippen LogP contribution in [0.5, 0.6) is 0 Å². The highest BCUT2D eigenvalue weighted by Crippen LogP contribution is 2.35. The van der Waals surface area contributed by atoms with E-state index in [1.165, 1.54) is 6.42 Å². The first-order valence-corrected chi connectivity index (χ1v) is 7.86. The fourth-order valence-electron chi connectivity index (χ4n) is 4.16. The fourth-order valence-corrected chi connectivity index (χ4v) is 4.16. The number of nitrogens with two attached hydrogens (primary N) is 1. The molecule has 4 nitrogen and oxygen atoms in total. The first-order valence-electron chi connectivity index (χ1n) is 7.86. The van der Waals surface area contributed by atoms with E-state index < -0.39 is 0 Å². The number of morpholine rings is 1. The Balaban J connectivity index is 1.72. The summed E-state index contributed by atoms with van der Waals surface area (Å²) >= 11 is 0. The maximum Gasteiger partial charge on any atom is 0.226 e. The number of fused-ring (bicyclic) bond motifs is 1. The lowest BCUT2D eigenvalue weighted by molar-refractivity contribution is -0.151. The molecule has 19 heavy (non-hydrogen) atoms. The summed E-state index contributed by atoms with van der Waals surface area (Å²) in [4.78, 5) is 15.0. The van der Waals surface area contributed by atoms with Gasteiger partial charge in [-0.1, -0.05) is 13.3 Å². The molecule has 5 atom stereocenters. The van der Waals surface area contributed by atoms with Gasteiger partial charge in [0.05, 0.1) is 18.8 Å². The number of amides is 1. The molecule has 4 heteroatoms. The van der Waals surface area contributed by atoms with E-state index in [-0.39, 0.29) is 12.0 Å². The molecule has 108 valence electrons. The molecule has 1 amide bonds. The highest BCUT2D eigenvalue weighted by Gasteiger charge is 2.42. The first kappa shape index (κ1) is 13.4. The molecule has 0 radical (unpaired) electrons. The topological polar surface area (TPSA) is 55.6 Å². The van der Waals surface area contributed by atoms with Crippen LogP contribution in [-0.2, 0) is 9.53 Å². The molecule has 1 aliphatic heterocycles. The van der Waals surface area contributed by atoms with E-state index in [1.54, 1.807) is 0 Å². The van der Waals surface area contributed by atoms with Gasteiger partial charge < -0.3 is 15.4 Å². The van der Waals surface area contributed by atoms with Crippen LogP contribution in [0.2, 0.25) is 0 Å². The van der Waals surface area contributed by atoms with Gasteiger partial charge in [-0.2, -0.15) is 0 Å². The normalized spacial score (nSPS) is 43.1. The molecule has 1 heterocycles. The summed E-state index contributed by atoms with van der Waals surface area (Å²) in [5.41, 5.74) is 6.15. The summed E-state index contributed by atoms with van der Waals surface area (Å²) in [6, 6.07) is 0.537. The summed E-state index contributed by atoms with van der Waals surface area (Å²) in [5.74, 6) is 0.815. The zero-order chi connectivity index (χ0) is 13.4. The SMILES string of the molecule is CC1C(N)CCCC1C(=O)N1CCOC2CCCC21. The molecule has 2 saturated carbocycles. The van der Waals surface area contributed by atoms with Crippen molar-refractivity contribution in [3.8, 4) is 0 Å². The van der Waals surface area contributed by atoms with Crippen LogP contribution < -0.4 is 5.73 Å². The molecule has 0 aromatic carbocycles. The van der Waals surface area contributed by atoms with E-state index in [0.717, 1.165) is 38.6 Å². The predicted molar refractivity (Wildman–Crippen MR) is 73.6 cm³/mol. The highest BCUT2D eigenvalue weighted by molar-refractivity contribution is 5.80. The number of ether oxygens (including phenoxy) is 1. The monoisotopic (exact) mass is 266 g/mol. The van der Waals surface area contributed by atoms with Gasteiger partial charge >= 0.3 is 0 Å². The molecule has 2 aliphatic carbocycles. The lowest BCUT2D eigenvalue weighted by Crippen LogP contribution is -2.55. The Morgan fingerprint density at radius 3 is 2.84 bits per heavy atom. The van der Waals surface area contributed by atoms with Gasteiger partial charge in [-0.3, -0.25) is 4.79 Å². The lowest BCUT2D eigenvalue weighted by atomic mass is 9.76. The van der Waals surface area contributed by atoms with Crippen molar-refractivity contribution in [2.45, 2.75) is 63.6 Å². The largest absolute Gasteiger partial charge is 0.374 e. The molecular weight excluding hydrogens is 240 g/mol. The van der Waals surface area contributed by atoms with Crippen molar-refractivity contribution in [1.29, 1.82) is 0 Å². The zero-order valence-corrected chi connectivity index (χ0v) is 11.9. The summed E-state index contributed by atoms with van der Waals surface area (Å²) in [6.07, 6.45) is 6.91. The van der Waals surface area contributed by atoms with Crippen molar-refractivity contribution < 1.29 is 9.53 Å². The second-order valence-electron chi connectivity index (χ2n) is 6.50. The Kier molecular flexibility index (Phi) is 3.81. The first-order chi connectivity index (χ1) is 9.18. The molecule has 0 aromatic heterocycles.